The summed E-state index contributed by atoms with van der Waals surface area (Å²) >= 11 is 0. The van der Waals surface area contributed by atoms with Crippen molar-refractivity contribution in [1.29, 1.82) is 0 Å². The van der Waals surface area contributed by atoms with Crippen LogP contribution in [0.3, 0.4) is 0 Å². The highest BCUT2D eigenvalue weighted by atomic mass is 16.5. The van der Waals surface area contributed by atoms with Crippen molar-refractivity contribution in [2.24, 2.45) is 5.73 Å². The van der Waals surface area contributed by atoms with E-state index in [0.717, 1.165) is 17.7 Å². The first-order chi connectivity index (χ1) is 8.38. The lowest BCUT2D eigenvalue weighted by Crippen LogP contribution is -2.02. The van der Waals surface area contributed by atoms with Gasteiger partial charge in [-0.05, 0) is 43.5 Å². The van der Waals surface area contributed by atoms with Crippen LogP contribution < -0.4 is 5.73 Å². The fourth-order valence-electron chi connectivity index (χ4n) is 2.81. The Hall–Kier alpha value is -1.35. The third-order valence-electron chi connectivity index (χ3n) is 3.73. The van der Waals surface area contributed by atoms with Gasteiger partial charge < -0.3 is 10.3 Å². The van der Waals surface area contributed by atoms with Crippen LogP contribution in [0, 0.1) is 0 Å². The lowest BCUT2D eigenvalue weighted by Gasteiger charge is -2.04. The first-order valence-electron chi connectivity index (χ1n) is 6.47. The first kappa shape index (κ1) is 10.8. The van der Waals surface area contributed by atoms with Gasteiger partial charge in [0.15, 0.2) is 0 Å². The van der Waals surface area contributed by atoms with Crippen molar-refractivity contribution in [3.05, 3.63) is 29.5 Å². The summed E-state index contributed by atoms with van der Waals surface area (Å²) in [6.07, 6.45) is 6.03. The molecular weight excluding hydrogens is 212 g/mol. The molecule has 1 fully saturated rings. The maximum Gasteiger partial charge on any atom is 0.147 e. The molecule has 1 aromatic carbocycles. The highest BCUT2D eigenvalue weighted by molar-refractivity contribution is 5.81. The third-order valence-corrected chi connectivity index (χ3v) is 3.73. The Kier molecular flexibility index (Phi) is 2.85. The van der Waals surface area contributed by atoms with E-state index in [1.165, 1.54) is 36.6 Å². The van der Waals surface area contributed by atoms with Crippen LogP contribution in [0.15, 0.2) is 22.7 Å². The van der Waals surface area contributed by atoms with Crippen molar-refractivity contribution in [2.45, 2.75) is 38.0 Å². The number of rotatable bonds is 3. The van der Waals surface area contributed by atoms with E-state index in [9.17, 15) is 0 Å². The van der Waals surface area contributed by atoms with Gasteiger partial charge in [0, 0.05) is 11.3 Å². The molecule has 1 aliphatic rings. The summed E-state index contributed by atoms with van der Waals surface area (Å²) in [5.41, 5.74) is 7.79. The van der Waals surface area contributed by atoms with E-state index in [-0.39, 0.29) is 0 Å². The Morgan fingerprint density at radius 3 is 2.88 bits per heavy atom. The fraction of sp³-hybridized carbons (Fsp3) is 0.500. The van der Waals surface area contributed by atoms with E-state index in [1.54, 1.807) is 0 Å². The molecular formula is C14H18N2O. The van der Waals surface area contributed by atoms with Gasteiger partial charge in [0.2, 0.25) is 0 Å². The lowest BCUT2D eigenvalue weighted by atomic mass is 10.0. The molecule has 0 spiro atoms. The second kappa shape index (κ2) is 4.49. The van der Waals surface area contributed by atoms with Crippen LogP contribution in [0.1, 0.15) is 42.9 Å². The maximum atomic E-state index is 5.57. The minimum Gasteiger partial charge on any atom is -0.360 e. The molecule has 3 nitrogen and oxygen atoms in total. The highest BCUT2D eigenvalue weighted by Gasteiger charge is 2.23. The number of fused-ring (bicyclic) bond motifs is 1. The molecule has 0 bridgehead atoms. The predicted octanol–water partition coefficient (Wildman–Crippen LogP) is 2.99. The molecule has 1 heterocycles. The molecule has 0 unspecified atom stereocenters. The van der Waals surface area contributed by atoms with Crippen molar-refractivity contribution < 1.29 is 4.52 Å². The average Bonchev–Trinajstić information content (AvgIpc) is 2.96. The molecule has 0 saturated heterocycles. The van der Waals surface area contributed by atoms with Gasteiger partial charge in [-0.25, -0.2) is 0 Å². The van der Waals surface area contributed by atoms with E-state index in [2.05, 4.69) is 23.4 Å². The molecule has 1 aromatic heterocycles. The zero-order valence-electron chi connectivity index (χ0n) is 9.98. The maximum absolute atomic E-state index is 5.57. The molecule has 90 valence electrons. The Morgan fingerprint density at radius 2 is 2.12 bits per heavy atom. The van der Waals surface area contributed by atoms with E-state index in [0.29, 0.717) is 12.5 Å². The summed E-state index contributed by atoms with van der Waals surface area (Å²) in [4.78, 5) is 0. The lowest BCUT2D eigenvalue weighted by molar-refractivity contribution is 0.368. The number of hydrogen-bond acceptors (Lipinski definition) is 3. The van der Waals surface area contributed by atoms with Gasteiger partial charge in [-0.15, -0.1) is 0 Å². The van der Waals surface area contributed by atoms with Crippen LogP contribution in [0.2, 0.25) is 0 Å². The topological polar surface area (TPSA) is 52.0 Å². The number of nitrogens with zero attached hydrogens (tertiary/aromatic N) is 1. The minimum absolute atomic E-state index is 0.584. The molecule has 0 atom stereocenters. The Morgan fingerprint density at radius 1 is 1.29 bits per heavy atom. The van der Waals surface area contributed by atoms with Crippen LogP contribution in [0.5, 0.6) is 0 Å². The normalized spacial score (nSPS) is 17.0. The Labute approximate surface area is 101 Å². The zero-order chi connectivity index (χ0) is 11.7. The van der Waals surface area contributed by atoms with Gasteiger partial charge in [-0.2, -0.15) is 0 Å². The largest absolute Gasteiger partial charge is 0.360 e. The summed E-state index contributed by atoms with van der Waals surface area (Å²) in [5.74, 6) is 1.68. The summed E-state index contributed by atoms with van der Waals surface area (Å²) in [6, 6.07) is 6.39. The molecule has 0 amide bonds. The Bertz CT molecular complexity index is 512. The number of hydrogen-bond donors (Lipinski definition) is 1. The Balaban J connectivity index is 1.98. The molecule has 2 N–H and O–H groups in total. The summed E-state index contributed by atoms with van der Waals surface area (Å²) in [6.45, 7) is 0.679. The van der Waals surface area contributed by atoms with E-state index in [1.807, 2.05) is 0 Å². The molecule has 1 saturated carbocycles. The van der Waals surface area contributed by atoms with Gasteiger partial charge in [-0.3, -0.25) is 0 Å². The molecule has 17 heavy (non-hydrogen) atoms. The average molecular weight is 230 g/mol. The van der Waals surface area contributed by atoms with E-state index in [4.69, 9.17) is 10.3 Å². The molecule has 0 radical (unpaired) electrons. The monoisotopic (exact) mass is 230 g/mol. The van der Waals surface area contributed by atoms with Crippen molar-refractivity contribution in [3.63, 3.8) is 0 Å². The van der Waals surface area contributed by atoms with Gasteiger partial charge >= 0.3 is 0 Å². The van der Waals surface area contributed by atoms with Crippen LogP contribution in [0.4, 0.5) is 0 Å². The van der Waals surface area contributed by atoms with Gasteiger partial charge in [-0.1, -0.05) is 24.1 Å². The number of benzene rings is 1. The molecule has 1 aliphatic carbocycles. The third kappa shape index (κ3) is 1.95. The minimum atomic E-state index is 0.584. The van der Waals surface area contributed by atoms with E-state index < -0.39 is 0 Å². The van der Waals surface area contributed by atoms with Crippen molar-refractivity contribution >= 4 is 10.9 Å². The van der Waals surface area contributed by atoms with Crippen LogP contribution in [0.25, 0.3) is 10.9 Å². The van der Waals surface area contributed by atoms with Crippen LogP contribution >= 0.6 is 0 Å². The van der Waals surface area contributed by atoms with Crippen LogP contribution in [-0.4, -0.2) is 11.7 Å². The molecule has 0 aliphatic heterocycles. The summed E-state index contributed by atoms with van der Waals surface area (Å²) < 4.78 is 5.55. The van der Waals surface area contributed by atoms with Crippen molar-refractivity contribution in [2.75, 3.05) is 6.54 Å². The van der Waals surface area contributed by atoms with Crippen LogP contribution in [-0.2, 0) is 6.42 Å². The summed E-state index contributed by atoms with van der Waals surface area (Å²) in [7, 11) is 0. The van der Waals surface area contributed by atoms with Crippen molar-refractivity contribution in [3.8, 4) is 0 Å². The van der Waals surface area contributed by atoms with Gasteiger partial charge in [0.1, 0.15) is 11.3 Å². The molecule has 3 rings (SSSR count). The SMILES string of the molecule is NCCc1ccc2c(C3CCCC3)onc2c1. The number of nitrogens with two attached hydrogens (primary N) is 1. The van der Waals surface area contributed by atoms with Gasteiger partial charge in [0.25, 0.3) is 0 Å². The second-order valence-electron chi connectivity index (χ2n) is 4.92. The molecule has 3 heteroatoms. The zero-order valence-corrected chi connectivity index (χ0v) is 9.98. The number of aromatic nitrogens is 1. The van der Waals surface area contributed by atoms with Gasteiger partial charge in [0.05, 0.1) is 0 Å². The smallest absolute Gasteiger partial charge is 0.147 e. The highest BCUT2D eigenvalue weighted by Crippen LogP contribution is 2.37. The predicted molar refractivity (Wildman–Crippen MR) is 68.0 cm³/mol. The first-order valence-corrected chi connectivity index (χ1v) is 6.47. The van der Waals surface area contributed by atoms with E-state index >= 15 is 0 Å². The molecule has 2 aromatic rings. The standard InChI is InChI=1S/C14H18N2O/c15-8-7-10-5-6-12-13(9-10)16-17-14(12)11-3-1-2-4-11/h5-6,9,11H,1-4,7-8,15H2. The summed E-state index contributed by atoms with van der Waals surface area (Å²) in [5, 5.41) is 5.38. The van der Waals surface area contributed by atoms with Crippen molar-refractivity contribution in [1.82, 2.24) is 5.16 Å². The second-order valence-corrected chi connectivity index (χ2v) is 4.92. The quantitative estimate of drug-likeness (QED) is 0.881. The fourth-order valence-corrected chi connectivity index (χ4v) is 2.81.